The van der Waals surface area contributed by atoms with Gasteiger partial charge in [-0.3, -0.25) is 10.1 Å². The van der Waals surface area contributed by atoms with E-state index in [9.17, 15) is 4.79 Å². The van der Waals surface area contributed by atoms with E-state index in [2.05, 4.69) is 10.3 Å². The number of aromatic nitrogens is 1. The maximum Gasteiger partial charge on any atom is 0.241 e. The summed E-state index contributed by atoms with van der Waals surface area (Å²) in [7, 11) is 3.53. The summed E-state index contributed by atoms with van der Waals surface area (Å²) in [4.78, 5) is 18.8. The maximum absolute atomic E-state index is 11.8. The van der Waals surface area contributed by atoms with Gasteiger partial charge in [0, 0.05) is 31.7 Å². The average Bonchev–Trinajstić information content (AvgIpc) is 2.60. The van der Waals surface area contributed by atoms with E-state index in [1.54, 1.807) is 30.3 Å². The maximum atomic E-state index is 11.8. The monoisotopic (exact) mass is 241 g/mol. The van der Waals surface area contributed by atoms with Gasteiger partial charge in [-0.05, 0) is 20.8 Å². The Morgan fingerprint density at radius 2 is 2.19 bits per heavy atom. The van der Waals surface area contributed by atoms with Crippen molar-refractivity contribution in [3.8, 4) is 0 Å². The summed E-state index contributed by atoms with van der Waals surface area (Å²) >= 11 is 1.65. The van der Waals surface area contributed by atoms with Gasteiger partial charge in [0.25, 0.3) is 0 Å². The van der Waals surface area contributed by atoms with Crippen LogP contribution in [0.25, 0.3) is 0 Å². The number of likely N-dealkylation sites (N-methyl/N-ethyl adjacent to an activating group) is 1. The lowest BCUT2D eigenvalue weighted by Gasteiger charge is -2.28. The van der Waals surface area contributed by atoms with Crippen molar-refractivity contribution < 1.29 is 4.79 Å². The number of thiazole rings is 1. The molecule has 0 aliphatic heterocycles. The highest BCUT2D eigenvalue weighted by Gasteiger charge is 2.28. The number of carbonyl (C=O) groups excluding carboxylic acids is 1. The van der Waals surface area contributed by atoms with Crippen LogP contribution in [0.5, 0.6) is 0 Å². The molecule has 4 nitrogen and oxygen atoms in total. The number of aryl methyl sites for hydroxylation is 1. The third kappa shape index (κ3) is 3.28. The van der Waals surface area contributed by atoms with E-state index in [1.165, 1.54) is 0 Å². The molecule has 0 spiro atoms. The van der Waals surface area contributed by atoms with Crippen molar-refractivity contribution in [3.63, 3.8) is 0 Å². The van der Waals surface area contributed by atoms with Crippen molar-refractivity contribution in [1.82, 2.24) is 15.2 Å². The summed E-state index contributed by atoms with van der Waals surface area (Å²) in [5.74, 6) is 0.0775. The van der Waals surface area contributed by atoms with E-state index in [-0.39, 0.29) is 5.91 Å². The SMILES string of the molecule is Cc1ncc(CNC(C)(C)C(=O)N(C)C)s1. The molecule has 1 amide bonds. The van der Waals surface area contributed by atoms with Crippen LogP contribution in [0.2, 0.25) is 0 Å². The zero-order valence-corrected chi connectivity index (χ0v) is 11.3. The van der Waals surface area contributed by atoms with E-state index >= 15 is 0 Å². The predicted molar refractivity (Wildman–Crippen MR) is 66.5 cm³/mol. The average molecular weight is 241 g/mol. The minimum absolute atomic E-state index is 0.0775. The molecule has 0 unspecified atom stereocenters. The van der Waals surface area contributed by atoms with Gasteiger partial charge in [-0.2, -0.15) is 0 Å². The molecule has 1 rings (SSSR count). The fourth-order valence-electron chi connectivity index (χ4n) is 1.43. The smallest absolute Gasteiger partial charge is 0.241 e. The predicted octanol–water partition coefficient (Wildman–Crippen LogP) is 1.41. The molecule has 1 N–H and O–H groups in total. The van der Waals surface area contributed by atoms with Crippen LogP contribution in [-0.2, 0) is 11.3 Å². The number of carbonyl (C=O) groups is 1. The number of hydrogen-bond acceptors (Lipinski definition) is 4. The second-order valence-corrected chi connectivity index (χ2v) is 5.84. The number of nitrogens with one attached hydrogen (secondary N) is 1. The Bertz CT molecular complexity index is 371. The summed E-state index contributed by atoms with van der Waals surface area (Å²) in [5, 5.41) is 4.30. The molecule has 0 bridgehead atoms. The molecule has 0 fully saturated rings. The summed E-state index contributed by atoms with van der Waals surface area (Å²) in [6.45, 7) is 6.44. The Hall–Kier alpha value is -0.940. The van der Waals surface area contributed by atoms with Crippen LogP contribution in [0.1, 0.15) is 23.7 Å². The van der Waals surface area contributed by atoms with Crippen LogP contribution >= 0.6 is 11.3 Å². The van der Waals surface area contributed by atoms with E-state index in [1.807, 2.05) is 27.0 Å². The lowest BCUT2D eigenvalue weighted by atomic mass is 10.0. The molecular formula is C11H19N3OS. The first-order chi connectivity index (χ1) is 7.33. The Morgan fingerprint density at radius 1 is 1.56 bits per heavy atom. The van der Waals surface area contributed by atoms with E-state index < -0.39 is 5.54 Å². The van der Waals surface area contributed by atoms with Crippen LogP contribution in [0.3, 0.4) is 0 Å². The van der Waals surface area contributed by atoms with Crippen molar-refractivity contribution in [2.75, 3.05) is 14.1 Å². The van der Waals surface area contributed by atoms with Crippen LogP contribution in [0.15, 0.2) is 6.20 Å². The first kappa shape index (κ1) is 13.1. The molecule has 0 aliphatic carbocycles. The highest BCUT2D eigenvalue weighted by Crippen LogP contribution is 2.13. The zero-order valence-electron chi connectivity index (χ0n) is 10.5. The highest BCUT2D eigenvalue weighted by molar-refractivity contribution is 7.11. The van der Waals surface area contributed by atoms with Crippen molar-refractivity contribution in [3.05, 3.63) is 16.1 Å². The van der Waals surface area contributed by atoms with Crippen molar-refractivity contribution in [2.24, 2.45) is 0 Å². The van der Waals surface area contributed by atoms with Gasteiger partial charge >= 0.3 is 0 Å². The molecule has 5 heteroatoms. The Labute approximate surface area is 101 Å². The first-order valence-electron chi connectivity index (χ1n) is 5.21. The molecule has 90 valence electrons. The van der Waals surface area contributed by atoms with Gasteiger partial charge in [-0.1, -0.05) is 0 Å². The minimum Gasteiger partial charge on any atom is -0.347 e. The quantitative estimate of drug-likeness (QED) is 0.867. The molecule has 1 heterocycles. The topological polar surface area (TPSA) is 45.2 Å². The first-order valence-corrected chi connectivity index (χ1v) is 6.02. The Kier molecular flexibility index (Phi) is 4.04. The number of hydrogen-bond donors (Lipinski definition) is 1. The summed E-state index contributed by atoms with van der Waals surface area (Å²) in [6, 6.07) is 0. The van der Waals surface area contributed by atoms with Gasteiger partial charge in [0.2, 0.25) is 5.91 Å². The molecular weight excluding hydrogens is 222 g/mol. The highest BCUT2D eigenvalue weighted by atomic mass is 32.1. The largest absolute Gasteiger partial charge is 0.347 e. The number of nitrogens with zero attached hydrogens (tertiary/aromatic N) is 2. The Balaban J connectivity index is 2.57. The minimum atomic E-state index is -0.540. The van der Waals surface area contributed by atoms with E-state index in [4.69, 9.17) is 0 Å². The van der Waals surface area contributed by atoms with Crippen LogP contribution in [0.4, 0.5) is 0 Å². The normalized spacial score (nSPS) is 11.6. The second kappa shape index (κ2) is 4.93. The third-order valence-corrected chi connectivity index (χ3v) is 3.23. The van der Waals surface area contributed by atoms with Crippen molar-refractivity contribution in [1.29, 1.82) is 0 Å². The van der Waals surface area contributed by atoms with Gasteiger partial charge < -0.3 is 4.90 Å². The van der Waals surface area contributed by atoms with Crippen molar-refractivity contribution >= 4 is 17.2 Å². The molecule has 16 heavy (non-hydrogen) atoms. The van der Waals surface area contributed by atoms with Gasteiger partial charge in [-0.25, -0.2) is 4.98 Å². The molecule has 0 atom stereocenters. The summed E-state index contributed by atoms with van der Waals surface area (Å²) in [6.07, 6.45) is 1.85. The number of rotatable bonds is 4. The molecule has 1 aromatic rings. The van der Waals surface area contributed by atoms with Gasteiger partial charge in [-0.15, -0.1) is 11.3 Å². The summed E-state index contributed by atoms with van der Waals surface area (Å²) in [5.41, 5.74) is -0.540. The van der Waals surface area contributed by atoms with Gasteiger partial charge in [0.1, 0.15) is 0 Å². The molecule has 1 aromatic heterocycles. The molecule has 0 saturated carbocycles. The van der Waals surface area contributed by atoms with Crippen LogP contribution in [0, 0.1) is 6.92 Å². The zero-order chi connectivity index (χ0) is 12.3. The lowest BCUT2D eigenvalue weighted by Crippen LogP contribution is -2.51. The standard InChI is InChI=1S/C11H19N3OS/c1-8-12-6-9(16-8)7-13-11(2,3)10(15)14(4)5/h6,13H,7H2,1-5H3. The number of amides is 1. The van der Waals surface area contributed by atoms with Crippen LogP contribution < -0.4 is 5.32 Å². The summed E-state index contributed by atoms with van der Waals surface area (Å²) < 4.78 is 0. The van der Waals surface area contributed by atoms with Gasteiger partial charge in [0.05, 0.1) is 10.5 Å². The van der Waals surface area contributed by atoms with E-state index in [0.717, 1.165) is 9.88 Å². The Morgan fingerprint density at radius 3 is 2.62 bits per heavy atom. The fourth-order valence-corrected chi connectivity index (χ4v) is 2.16. The van der Waals surface area contributed by atoms with Crippen LogP contribution in [-0.4, -0.2) is 35.4 Å². The van der Waals surface area contributed by atoms with Gasteiger partial charge in [0.15, 0.2) is 0 Å². The second-order valence-electron chi connectivity index (χ2n) is 4.52. The lowest BCUT2D eigenvalue weighted by molar-refractivity contribution is -0.134. The van der Waals surface area contributed by atoms with E-state index in [0.29, 0.717) is 6.54 Å². The molecule has 0 aliphatic rings. The molecule has 0 saturated heterocycles. The van der Waals surface area contributed by atoms with Crippen molar-refractivity contribution in [2.45, 2.75) is 32.9 Å². The molecule has 0 radical (unpaired) electrons. The third-order valence-electron chi connectivity index (χ3n) is 2.31. The fraction of sp³-hybridized carbons (Fsp3) is 0.636. The molecule has 0 aromatic carbocycles.